The van der Waals surface area contributed by atoms with E-state index in [0.29, 0.717) is 44.1 Å². The van der Waals surface area contributed by atoms with E-state index in [4.69, 9.17) is 4.74 Å². The number of hydrogen-bond acceptors (Lipinski definition) is 7. The fourth-order valence-corrected chi connectivity index (χ4v) is 7.78. The largest absolute Gasteiger partial charge is 0.497 e. The Bertz CT molecular complexity index is 1510. The van der Waals surface area contributed by atoms with Crippen molar-refractivity contribution in [3.05, 3.63) is 53.1 Å². The van der Waals surface area contributed by atoms with Gasteiger partial charge in [-0.05, 0) is 80.7 Å². The summed E-state index contributed by atoms with van der Waals surface area (Å²) in [5.41, 5.74) is 6.52. The molecule has 3 aliphatic rings. The second-order valence-electron chi connectivity index (χ2n) is 12.6. The molecule has 10 heteroatoms. The molecule has 1 aliphatic carbocycles. The topological polar surface area (TPSA) is 90.3 Å². The number of hydrogen-bond donors (Lipinski definition) is 2. The van der Waals surface area contributed by atoms with Crippen molar-refractivity contribution in [2.24, 2.45) is 5.92 Å². The van der Waals surface area contributed by atoms with Gasteiger partial charge in [-0.2, -0.15) is 0 Å². The van der Waals surface area contributed by atoms with E-state index >= 15 is 0 Å². The first-order chi connectivity index (χ1) is 22.4. The molecule has 2 fully saturated rings. The maximum atomic E-state index is 14.3. The van der Waals surface area contributed by atoms with Crippen molar-refractivity contribution in [1.82, 2.24) is 23.4 Å². The van der Waals surface area contributed by atoms with Crippen LogP contribution in [0.1, 0.15) is 73.4 Å². The molecule has 1 saturated carbocycles. The summed E-state index contributed by atoms with van der Waals surface area (Å²) in [6.45, 7) is 8.22. The normalized spacial score (nSPS) is 18.8. The number of fused-ring (bicyclic) bond motifs is 5. The van der Waals surface area contributed by atoms with Crippen LogP contribution in [0.5, 0.6) is 5.75 Å². The Hall–Kier alpha value is -3.05. The molecule has 1 saturated heterocycles. The molecular formula is C36H51N5O4S. The van der Waals surface area contributed by atoms with E-state index in [-0.39, 0.29) is 24.3 Å². The van der Waals surface area contributed by atoms with Crippen molar-refractivity contribution < 1.29 is 19.4 Å². The van der Waals surface area contributed by atoms with Gasteiger partial charge in [0.2, 0.25) is 5.91 Å². The van der Waals surface area contributed by atoms with Crippen molar-refractivity contribution in [2.45, 2.75) is 64.8 Å². The van der Waals surface area contributed by atoms with Crippen LogP contribution in [0.25, 0.3) is 22.2 Å². The van der Waals surface area contributed by atoms with E-state index in [1.807, 2.05) is 55.3 Å². The van der Waals surface area contributed by atoms with Gasteiger partial charge in [0.1, 0.15) is 5.75 Å². The summed E-state index contributed by atoms with van der Waals surface area (Å²) in [6.07, 6.45) is 6.65. The monoisotopic (exact) mass is 649 g/mol. The number of amides is 2. The highest BCUT2D eigenvalue weighted by atomic mass is 32.2. The number of aliphatic hydroxyl groups is 1. The van der Waals surface area contributed by atoms with Crippen LogP contribution in [0.2, 0.25) is 0 Å². The Labute approximate surface area is 278 Å². The fourth-order valence-electron chi connectivity index (χ4n) is 7.40. The van der Waals surface area contributed by atoms with Gasteiger partial charge >= 0.3 is 0 Å². The first kappa shape index (κ1) is 34.3. The molecule has 2 amide bonds. The smallest absolute Gasteiger partial charge is 0.262 e. The number of β-amino-alcohol motifs (C(OH)–C–C–N with tert-alkyl or cyclic N) is 1. The second kappa shape index (κ2) is 15.7. The molecule has 0 radical (unpaired) electrons. The Morgan fingerprint density at radius 2 is 1.76 bits per heavy atom. The maximum Gasteiger partial charge on any atom is 0.262 e. The molecule has 1 atom stereocenters. The molecule has 3 heterocycles. The lowest BCUT2D eigenvalue weighted by molar-refractivity contribution is -0.137. The van der Waals surface area contributed by atoms with E-state index < -0.39 is 0 Å². The number of rotatable bonds is 8. The van der Waals surface area contributed by atoms with E-state index in [0.717, 1.165) is 42.8 Å². The van der Waals surface area contributed by atoms with Crippen LogP contribution in [0, 0.1) is 5.92 Å². The van der Waals surface area contributed by atoms with Gasteiger partial charge < -0.3 is 19.3 Å². The number of carbonyl (C=O) groups excluding carboxylic acids is 2. The van der Waals surface area contributed by atoms with Crippen molar-refractivity contribution in [1.29, 1.82) is 0 Å². The van der Waals surface area contributed by atoms with E-state index in [1.54, 1.807) is 7.11 Å². The molecule has 3 aromatic rings. The third-order valence-electron chi connectivity index (χ3n) is 9.59. The lowest BCUT2D eigenvalue weighted by Crippen LogP contribution is -2.51. The number of carbonyl (C=O) groups is 2. The van der Waals surface area contributed by atoms with Crippen LogP contribution >= 0.6 is 12.1 Å². The summed E-state index contributed by atoms with van der Waals surface area (Å²) in [5, 5.41) is 10.6. The molecule has 0 bridgehead atoms. The minimum absolute atomic E-state index is 0.132. The van der Waals surface area contributed by atoms with E-state index in [2.05, 4.69) is 32.4 Å². The summed E-state index contributed by atoms with van der Waals surface area (Å²) in [5.74, 6) is 1.03. The van der Waals surface area contributed by atoms with Gasteiger partial charge in [-0.1, -0.05) is 39.2 Å². The third-order valence-corrected chi connectivity index (χ3v) is 10.2. The molecule has 0 spiro atoms. The average molecular weight is 650 g/mol. The van der Waals surface area contributed by atoms with Crippen molar-refractivity contribution in [3.63, 3.8) is 0 Å². The van der Waals surface area contributed by atoms with Crippen LogP contribution in [-0.4, -0.2) is 96.1 Å². The number of aromatic nitrogens is 1. The zero-order valence-corrected chi connectivity index (χ0v) is 29.0. The van der Waals surface area contributed by atoms with Crippen LogP contribution < -0.4 is 9.46 Å². The predicted octanol–water partition coefficient (Wildman–Crippen LogP) is 5.55. The summed E-state index contributed by atoms with van der Waals surface area (Å²) < 4.78 is 12.8. The highest BCUT2D eigenvalue weighted by Gasteiger charge is 2.35. The van der Waals surface area contributed by atoms with Gasteiger partial charge in [0.15, 0.2) is 0 Å². The molecular weight excluding hydrogens is 598 g/mol. The number of aliphatic hydroxyl groups excluding tert-OH is 1. The van der Waals surface area contributed by atoms with Gasteiger partial charge in [-0.3, -0.25) is 19.2 Å². The maximum absolute atomic E-state index is 14.3. The summed E-state index contributed by atoms with van der Waals surface area (Å²) in [7, 11) is 5.49. The third kappa shape index (κ3) is 7.25. The second-order valence-corrected chi connectivity index (χ2v) is 13.7. The summed E-state index contributed by atoms with van der Waals surface area (Å²) >= 11 is 1.26. The zero-order valence-electron chi connectivity index (χ0n) is 28.2. The SMILES string of the molecule is CC.COc1ccc2c(c1)CC(C(=O)N1CCN(CCO)CC1)Cn1c-2c(C2CCCCC2)c2ccc(C(=O)NSN(C)C)cc21. The number of benzene rings is 2. The van der Waals surface area contributed by atoms with E-state index in [1.165, 1.54) is 53.6 Å². The minimum Gasteiger partial charge on any atom is -0.497 e. The van der Waals surface area contributed by atoms with Gasteiger partial charge in [0.25, 0.3) is 5.91 Å². The van der Waals surface area contributed by atoms with E-state index in [9.17, 15) is 14.7 Å². The van der Waals surface area contributed by atoms with Gasteiger partial charge in [-0.15, -0.1) is 0 Å². The molecule has 1 aromatic heterocycles. The Morgan fingerprint density at radius 3 is 2.43 bits per heavy atom. The number of ether oxygens (including phenoxy) is 1. The van der Waals surface area contributed by atoms with Crippen LogP contribution in [-0.2, 0) is 17.8 Å². The lowest BCUT2D eigenvalue weighted by Gasteiger charge is -2.36. The van der Waals surface area contributed by atoms with Crippen molar-refractivity contribution in [2.75, 3.05) is 60.5 Å². The molecule has 6 rings (SSSR count). The number of methoxy groups -OCH3 is 1. The van der Waals surface area contributed by atoms with Gasteiger partial charge in [-0.25, -0.2) is 4.31 Å². The Kier molecular flexibility index (Phi) is 11.7. The van der Waals surface area contributed by atoms with Gasteiger partial charge in [0, 0.05) is 73.4 Å². The standard InChI is InChI=1S/C34H45N5O4S.C2H6/c1-36(2)44-35-33(41)24-9-11-29-30(21-24)39-22-26(34(42)38-15-13-37(14-16-38)17-18-40)19-25-20-27(43-3)10-12-28(25)32(39)31(29)23-7-5-4-6-8-23;1-2/h9-12,20-21,23,26,40H,4-8,13-19,22H2,1-3H3,(H,35,41);1-2H3. The molecule has 2 aromatic carbocycles. The predicted molar refractivity (Wildman–Crippen MR) is 187 cm³/mol. The molecule has 9 nitrogen and oxygen atoms in total. The first-order valence-electron chi connectivity index (χ1n) is 17.0. The quantitative estimate of drug-likeness (QED) is 0.309. The molecule has 250 valence electrons. The molecule has 1 unspecified atom stereocenters. The van der Waals surface area contributed by atoms with Gasteiger partial charge in [0.05, 0.1) is 25.3 Å². The molecule has 46 heavy (non-hydrogen) atoms. The van der Waals surface area contributed by atoms with Crippen LogP contribution in [0.4, 0.5) is 0 Å². The highest BCUT2D eigenvalue weighted by Crippen LogP contribution is 2.47. The zero-order chi connectivity index (χ0) is 32.8. The number of nitrogens with one attached hydrogen (secondary N) is 1. The minimum atomic E-state index is -0.247. The molecule has 2 aliphatic heterocycles. The number of nitrogens with zero attached hydrogens (tertiary/aromatic N) is 4. The fraction of sp³-hybridized carbons (Fsp3) is 0.556. The average Bonchev–Trinajstić information content (AvgIpc) is 3.30. The van der Waals surface area contributed by atoms with Crippen molar-refractivity contribution in [3.8, 4) is 17.0 Å². The highest BCUT2D eigenvalue weighted by molar-refractivity contribution is 7.95. The summed E-state index contributed by atoms with van der Waals surface area (Å²) in [6, 6.07) is 12.4. The Balaban J connectivity index is 0.00000204. The van der Waals surface area contributed by atoms with Crippen LogP contribution in [0.15, 0.2) is 36.4 Å². The number of piperazine rings is 1. The Morgan fingerprint density at radius 1 is 1.02 bits per heavy atom. The van der Waals surface area contributed by atoms with Crippen LogP contribution in [0.3, 0.4) is 0 Å². The lowest BCUT2D eigenvalue weighted by atomic mass is 9.81. The first-order valence-corrected chi connectivity index (χ1v) is 17.7. The van der Waals surface area contributed by atoms with Crippen molar-refractivity contribution >= 4 is 34.9 Å². The molecule has 2 N–H and O–H groups in total. The summed E-state index contributed by atoms with van der Waals surface area (Å²) in [4.78, 5) is 31.7.